The lowest BCUT2D eigenvalue weighted by Crippen LogP contribution is -2.20. The van der Waals surface area contributed by atoms with E-state index >= 15 is 0 Å². The van der Waals surface area contributed by atoms with Crippen molar-refractivity contribution in [3.63, 3.8) is 0 Å². The molecule has 0 N–H and O–H groups in total. The third kappa shape index (κ3) is 0.934. The highest BCUT2D eigenvalue weighted by Crippen LogP contribution is 2.41. The summed E-state index contributed by atoms with van der Waals surface area (Å²) in [6.07, 6.45) is 6.31. The topological polar surface area (TPSA) is 17.1 Å². The van der Waals surface area contributed by atoms with Crippen molar-refractivity contribution in [2.24, 2.45) is 0 Å². The lowest BCUT2D eigenvalue weighted by Gasteiger charge is -2.18. The Kier molecular flexibility index (Phi) is 1.25. The van der Waals surface area contributed by atoms with Crippen LogP contribution in [0.25, 0.3) is 0 Å². The first-order valence-electron chi connectivity index (χ1n) is 3.84. The number of hydrogen-bond acceptors (Lipinski definition) is 1. The second-order valence-electron chi connectivity index (χ2n) is 3.12. The van der Waals surface area contributed by atoms with Gasteiger partial charge in [0.25, 0.3) is 0 Å². The van der Waals surface area contributed by atoms with Gasteiger partial charge in [0.05, 0.1) is 0 Å². The van der Waals surface area contributed by atoms with Gasteiger partial charge in [-0.1, -0.05) is 0 Å². The second kappa shape index (κ2) is 2.03. The maximum atomic E-state index is 13.6. The number of rotatable bonds is 0. The predicted octanol–water partition coefficient (Wildman–Crippen LogP) is 1.94. The van der Waals surface area contributed by atoms with Gasteiger partial charge >= 0.3 is 0 Å². The first kappa shape index (κ1) is 6.77. The van der Waals surface area contributed by atoms with Crippen molar-refractivity contribution in [3.8, 4) is 0 Å². The summed E-state index contributed by atoms with van der Waals surface area (Å²) in [6, 6.07) is 0. The number of carbonyl (C=O) groups is 1. The van der Waals surface area contributed by atoms with Crippen molar-refractivity contribution in [2.45, 2.75) is 24.9 Å². The molecule has 2 heteroatoms. The summed E-state index contributed by atoms with van der Waals surface area (Å²) in [5, 5.41) is 0. The Hall–Kier alpha value is -0.920. The van der Waals surface area contributed by atoms with E-state index in [-0.39, 0.29) is 5.78 Å². The van der Waals surface area contributed by atoms with Crippen LogP contribution >= 0.6 is 0 Å². The van der Waals surface area contributed by atoms with E-state index < -0.39 is 5.67 Å². The Bertz CT molecular complexity index is 265. The van der Waals surface area contributed by atoms with Crippen LogP contribution in [0.4, 0.5) is 4.39 Å². The van der Waals surface area contributed by atoms with E-state index in [0.29, 0.717) is 12.0 Å². The van der Waals surface area contributed by atoms with Gasteiger partial charge in [-0.3, -0.25) is 4.79 Å². The zero-order valence-electron chi connectivity index (χ0n) is 6.14. The molecule has 1 saturated carbocycles. The molecule has 2 rings (SSSR count). The molecule has 2 aliphatic carbocycles. The lowest BCUT2D eigenvalue weighted by molar-refractivity contribution is -0.110. The largest absolute Gasteiger partial charge is 0.290 e. The number of allylic oxidation sites excluding steroid dienone is 4. The predicted molar refractivity (Wildman–Crippen MR) is 39.9 cm³/mol. The molecule has 11 heavy (non-hydrogen) atoms. The Morgan fingerprint density at radius 3 is 3.18 bits per heavy atom. The average Bonchev–Trinajstić information content (AvgIpc) is 2.31. The summed E-state index contributed by atoms with van der Waals surface area (Å²) in [4.78, 5) is 10.8. The van der Waals surface area contributed by atoms with Gasteiger partial charge in [0.2, 0.25) is 0 Å². The van der Waals surface area contributed by atoms with E-state index in [4.69, 9.17) is 0 Å². The first-order valence-corrected chi connectivity index (χ1v) is 3.84. The number of halogens is 1. The minimum atomic E-state index is -1.27. The van der Waals surface area contributed by atoms with Gasteiger partial charge in [0.1, 0.15) is 0 Å². The van der Waals surface area contributed by atoms with E-state index in [1.165, 1.54) is 18.2 Å². The molecule has 1 fully saturated rings. The molecule has 0 amide bonds. The van der Waals surface area contributed by atoms with Crippen LogP contribution in [0.5, 0.6) is 0 Å². The monoisotopic (exact) mass is 152 g/mol. The van der Waals surface area contributed by atoms with Gasteiger partial charge in [-0.15, -0.1) is 0 Å². The van der Waals surface area contributed by atoms with Gasteiger partial charge in [0, 0.05) is 0 Å². The van der Waals surface area contributed by atoms with Crippen molar-refractivity contribution in [1.29, 1.82) is 0 Å². The normalized spacial score (nSPS) is 35.4. The van der Waals surface area contributed by atoms with Gasteiger partial charge in [0.15, 0.2) is 11.5 Å². The van der Waals surface area contributed by atoms with Gasteiger partial charge in [-0.2, -0.15) is 0 Å². The van der Waals surface area contributed by atoms with E-state index in [2.05, 4.69) is 0 Å². The molecule has 0 radical (unpaired) electrons. The SMILES string of the molecule is O=C1C=CC2(F)CCCC2=C1. The smallest absolute Gasteiger partial charge is 0.178 e. The van der Waals surface area contributed by atoms with Crippen LogP contribution in [-0.4, -0.2) is 11.5 Å². The van der Waals surface area contributed by atoms with Crippen LogP contribution in [0.3, 0.4) is 0 Å². The van der Waals surface area contributed by atoms with Crippen LogP contribution in [0.2, 0.25) is 0 Å². The molecule has 2 aliphatic rings. The van der Waals surface area contributed by atoms with Gasteiger partial charge in [-0.25, -0.2) is 4.39 Å². The van der Waals surface area contributed by atoms with E-state index in [0.717, 1.165) is 12.8 Å². The van der Waals surface area contributed by atoms with E-state index in [1.807, 2.05) is 0 Å². The molecule has 0 heterocycles. The third-order valence-electron chi connectivity index (χ3n) is 2.35. The number of fused-ring (bicyclic) bond motifs is 1. The minimum Gasteiger partial charge on any atom is -0.290 e. The maximum absolute atomic E-state index is 13.6. The fourth-order valence-electron chi connectivity index (χ4n) is 1.72. The highest BCUT2D eigenvalue weighted by Gasteiger charge is 2.38. The van der Waals surface area contributed by atoms with Crippen LogP contribution in [0.15, 0.2) is 23.8 Å². The summed E-state index contributed by atoms with van der Waals surface area (Å²) < 4.78 is 13.6. The van der Waals surface area contributed by atoms with Gasteiger partial charge < -0.3 is 0 Å². The molecule has 1 nitrogen and oxygen atoms in total. The maximum Gasteiger partial charge on any atom is 0.178 e. The molecule has 1 unspecified atom stereocenters. The van der Waals surface area contributed by atoms with Crippen LogP contribution in [0, 0.1) is 0 Å². The Morgan fingerprint density at radius 2 is 2.36 bits per heavy atom. The van der Waals surface area contributed by atoms with Crippen molar-refractivity contribution in [1.82, 2.24) is 0 Å². The average molecular weight is 152 g/mol. The zero-order valence-corrected chi connectivity index (χ0v) is 6.14. The lowest BCUT2D eigenvalue weighted by atomic mass is 9.93. The Morgan fingerprint density at radius 1 is 1.55 bits per heavy atom. The molecule has 0 aromatic carbocycles. The number of hydrogen-bond donors (Lipinski definition) is 0. The van der Waals surface area contributed by atoms with E-state index in [9.17, 15) is 9.18 Å². The second-order valence-corrected chi connectivity index (χ2v) is 3.12. The zero-order chi connectivity index (χ0) is 7.90. The Labute approximate surface area is 64.6 Å². The van der Waals surface area contributed by atoms with E-state index in [1.54, 1.807) is 0 Å². The summed E-state index contributed by atoms with van der Waals surface area (Å²) in [5.41, 5.74) is -0.599. The summed E-state index contributed by atoms with van der Waals surface area (Å²) in [6.45, 7) is 0. The van der Waals surface area contributed by atoms with Crippen molar-refractivity contribution in [2.75, 3.05) is 0 Å². The van der Waals surface area contributed by atoms with Crippen molar-refractivity contribution >= 4 is 5.78 Å². The quantitative estimate of drug-likeness (QED) is 0.518. The first-order chi connectivity index (χ1) is 5.21. The fraction of sp³-hybridized carbons (Fsp3) is 0.444. The van der Waals surface area contributed by atoms with Crippen LogP contribution < -0.4 is 0 Å². The molecule has 0 aliphatic heterocycles. The molecule has 0 aromatic heterocycles. The molecule has 0 spiro atoms. The molecule has 58 valence electrons. The molecule has 0 aromatic rings. The molecular weight excluding hydrogens is 143 g/mol. The van der Waals surface area contributed by atoms with Crippen LogP contribution in [0.1, 0.15) is 19.3 Å². The van der Waals surface area contributed by atoms with Gasteiger partial charge in [-0.05, 0) is 43.1 Å². The summed E-state index contributed by atoms with van der Waals surface area (Å²) >= 11 is 0. The third-order valence-corrected chi connectivity index (χ3v) is 2.35. The highest BCUT2D eigenvalue weighted by molar-refractivity contribution is 6.01. The van der Waals surface area contributed by atoms with Crippen molar-refractivity contribution < 1.29 is 9.18 Å². The highest BCUT2D eigenvalue weighted by atomic mass is 19.1. The number of ketones is 1. The Balaban J connectivity index is 2.41. The number of carbonyl (C=O) groups excluding carboxylic acids is 1. The number of alkyl halides is 1. The standard InChI is InChI=1S/C9H9FO/c10-9-4-1-2-7(9)6-8(11)3-5-9/h3,5-6H,1-2,4H2. The molecule has 0 saturated heterocycles. The van der Waals surface area contributed by atoms with Crippen LogP contribution in [-0.2, 0) is 4.79 Å². The molecule has 0 bridgehead atoms. The molecule has 1 atom stereocenters. The summed E-state index contributed by atoms with van der Waals surface area (Å²) in [7, 11) is 0. The fourth-order valence-corrected chi connectivity index (χ4v) is 1.72. The van der Waals surface area contributed by atoms with Crippen molar-refractivity contribution in [3.05, 3.63) is 23.8 Å². The minimum absolute atomic E-state index is 0.0739. The molecular formula is C9H9FO. The summed E-state index contributed by atoms with van der Waals surface area (Å²) in [5.74, 6) is -0.0739.